The second-order valence-corrected chi connectivity index (χ2v) is 7.21. The number of hydrogen-bond acceptors (Lipinski definition) is 6. The van der Waals surface area contributed by atoms with Crippen molar-refractivity contribution >= 4 is 17.5 Å². The molecule has 30 heavy (non-hydrogen) atoms. The van der Waals surface area contributed by atoms with Gasteiger partial charge in [0.25, 0.3) is 5.91 Å². The Morgan fingerprint density at radius 1 is 1.07 bits per heavy atom. The van der Waals surface area contributed by atoms with Crippen LogP contribution in [0.3, 0.4) is 0 Å². The molecule has 8 nitrogen and oxygen atoms in total. The number of para-hydroxylation sites is 2. The molecule has 2 aromatic carbocycles. The smallest absolute Gasteiger partial charge is 0.267 e. The third-order valence-corrected chi connectivity index (χ3v) is 5.11. The van der Waals surface area contributed by atoms with E-state index in [1.165, 1.54) is 0 Å². The van der Waals surface area contributed by atoms with Crippen molar-refractivity contribution in [2.75, 3.05) is 44.6 Å². The number of hydrogen-bond donors (Lipinski definition) is 1. The maximum Gasteiger partial charge on any atom is 0.267 e. The van der Waals surface area contributed by atoms with Crippen molar-refractivity contribution < 1.29 is 19.1 Å². The van der Waals surface area contributed by atoms with Crippen LogP contribution in [0, 0.1) is 11.3 Å². The molecule has 4 rings (SSSR count). The second-order valence-electron chi connectivity index (χ2n) is 7.21. The van der Waals surface area contributed by atoms with Gasteiger partial charge in [-0.25, -0.2) is 0 Å². The number of fused-ring (bicyclic) bond motifs is 1. The first-order valence-electron chi connectivity index (χ1n) is 9.82. The van der Waals surface area contributed by atoms with Crippen molar-refractivity contribution in [1.29, 1.82) is 5.26 Å². The minimum absolute atomic E-state index is 0.0954. The Labute approximate surface area is 174 Å². The van der Waals surface area contributed by atoms with Gasteiger partial charge in [0.15, 0.2) is 11.5 Å². The second kappa shape index (κ2) is 8.84. The van der Waals surface area contributed by atoms with E-state index < -0.39 is 6.10 Å². The van der Waals surface area contributed by atoms with Gasteiger partial charge in [-0.05, 0) is 30.3 Å². The van der Waals surface area contributed by atoms with E-state index in [0.717, 1.165) is 0 Å². The summed E-state index contributed by atoms with van der Waals surface area (Å²) in [6.07, 6.45) is -0.651. The first kappa shape index (κ1) is 19.7. The lowest BCUT2D eigenvalue weighted by atomic mass is 10.2. The SMILES string of the molecule is N#Cc1cccc(NC(=O)CN2CCN(C(=O)[C@H]3COc4ccccc4O3)CC2)c1. The zero-order chi connectivity index (χ0) is 20.9. The highest BCUT2D eigenvalue weighted by Gasteiger charge is 2.32. The lowest BCUT2D eigenvalue weighted by Gasteiger charge is -2.36. The van der Waals surface area contributed by atoms with Crippen molar-refractivity contribution in [2.24, 2.45) is 0 Å². The Balaban J connectivity index is 1.25. The van der Waals surface area contributed by atoms with Crippen LogP contribution in [0.25, 0.3) is 0 Å². The number of rotatable bonds is 4. The molecule has 154 valence electrons. The van der Waals surface area contributed by atoms with E-state index in [-0.39, 0.29) is 25.0 Å². The maximum atomic E-state index is 12.8. The van der Waals surface area contributed by atoms with Crippen molar-refractivity contribution in [1.82, 2.24) is 9.80 Å². The van der Waals surface area contributed by atoms with E-state index in [2.05, 4.69) is 11.4 Å². The fraction of sp³-hybridized carbons (Fsp3) is 0.318. The molecular formula is C22H22N4O4. The fourth-order valence-corrected chi connectivity index (χ4v) is 3.54. The summed E-state index contributed by atoms with van der Waals surface area (Å²) in [6.45, 7) is 2.67. The number of carbonyl (C=O) groups is 2. The Hall–Kier alpha value is -3.57. The fourth-order valence-electron chi connectivity index (χ4n) is 3.54. The van der Waals surface area contributed by atoms with Crippen LogP contribution in [0.2, 0.25) is 0 Å². The zero-order valence-corrected chi connectivity index (χ0v) is 16.4. The molecule has 0 spiro atoms. The van der Waals surface area contributed by atoms with Crippen LogP contribution >= 0.6 is 0 Å². The van der Waals surface area contributed by atoms with Crippen molar-refractivity contribution in [2.45, 2.75) is 6.10 Å². The number of anilines is 1. The zero-order valence-electron chi connectivity index (χ0n) is 16.4. The molecule has 2 aromatic rings. The number of benzene rings is 2. The number of nitrogens with zero attached hydrogens (tertiary/aromatic N) is 3. The summed E-state index contributed by atoms with van der Waals surface area (Å²) in [5.74, 6) is 0.989. The van der Waals surface area contributed by atoms with Gasteiger partial charge in [-0.3, -0.25) is 14.5 Å². The lowest BCUT2D eigenvalue weighted by molar-refractivity contribution is -0.143. The summed E-state index contributed by atoms with van der Waals surface area (Å²) in [5.41, 5.74) is 1.10. The van der Waals surface area contributed by atoms with Crippen molar-refractivity contribution in [3.8, 4) is 17.6 Å². The van der Waals surface area contributed by atoms with Crippen LogP contribution < -0.4 is 14.8 Å². The van der Waals surface area contributed by atoms with Crippen LogP contribution in [0.5, 0.6) is 11.5 Å². The Kier molecular flexibility index (Phi) is 5.82. The Morgan fingerprint density at radius 2 is 1.83 bits per heavy atom. The molecule has 2 heterocycles. The van der Waals surface area contributed by atoms with Gasteiger partial charge in [-0.2, -0.15) is 5.26 Å². The number of nitriles is 1. The molecule has 2 aliphatic heterocycles. The summed E-state index contributed by atoms with van der Waals surface area (Å²) in [4.78, 5) is 28.9. The molecule has 0 bridgehead atoms. The highest BCUT2D eigenvalue weighted by atomic mass is 16.6. The predicted octanol–water partition coefficient (Wildman–Crippen LogP) is 1.48. The molecule has 1 N–H and O–H groups in total. The third kappa shape index (κ3) is 4.53. The normalized spacial score (nSPS) is 18.4. The number of piperazine rings is 1. The third-order valence-electron chi connectivity index (χ3n) is 5.11. The van der Waals surface area contributed by atoms with E-state index in [9.17, 15) is 9.59 Å². The average Bonchev–Trinajstić information content (AvgIpc) is 2.79. The molecule has 2 amide bonds. The molecule has 1 fully saturated rings. The molecule has 8 heteroatoms. The van der Waals surface area contributed by atoms with Gasteiger partial charge in [-0.1, -0.05) is 18.2 Å². The number of nitrogens with one attached hydrogen (secondary N) is 1. The molecule has 1 atom stereocenters. The molecule has 0 saturated carbocycles. The minimum atomic E-state index is -0.651. The van der Waals surface area contributed by atoms with Gasteiger partial charge in [-0.15, -0.1) is 0 Å². The van der Waals surface area contributed by atoms with Gasteiger partial charge >= 0.3 is 0 Å². The van der Waals surface area contributed by atoms with Crippen LogP contribution in [-0.2, 0) is 9.59 Å². The molecular weight excluding hydrogens is 384 g/mol. The van der Waals surface area contributed by atoms with E-state index in [4.69, 9.17) is 14.7 Å². The van der Waals surface area contributed by atoms with Crippen LogP contribution in [0.15, 0.2) is 48.5 Å². The molecule has 0 unspecified atom stereocenters. The predicted molar refractivity (Wildman–Crippen MR) is 109 cm³/mol. The van der Waals surface area contributed by atoms with Gasteiger partial charge in [0.1, 0.15) is 6.61 Å². The molecule has 0 radical (unpaired) electrons. The first-order chi connectivity index (χ1) is 14.6. The highest BCUT2D eigenvalue weighted by Crippen LogP contribution is 2.31. The topological polar surface area (TPSA) is 94.9 Å². The van der Waals surface area contributed by atoms with Gasteiger partial charge in [0, 0.05) is 31.9 Å². The Bertz CT molecular complexity index is 979. The van der Waals surface area contributed by atoms with E-state index in [1.54, 1.807) is 35.2 Å². The molecule has 0 aliphatic carbocycles. The molecule has 1 saturated heterocycles. The van der Waals surface area contributed by atoms with E-state index >= 15 is 0 Å². The lowest BCUT2D eigenvalue weighted by Crippen LogP contribution is -2.54. The summed E-state index contributed by atoms with van der Waals surface area (Å²) in [6, 6.07) is 16.2. The monoisotopic (exact) mass is 406 g/mol. The average molecular weight is 406 g/mol. The molecule has 2 aliphatic rings. The van der Waals surface area contributed by atoms with E-state index in [0.29, 0.717) is 48.9 Å². The minimum Gasteiger partial charge on any atom is -0.485 e. The first-order valence-corrected chi connectivity index (χ1v) is 9.82. The largest absolute Gasteiger partial charge is 0.485 e. The van der Waals surface area contributed by atoms with Gasteiger partial charge < -0.3 is 19.7 Å². The maximum absolute atomic E-state index is 12.8. The highest BCUT2D eigenvalue weighted by molar-refractivity contribution is 5.92. The van der Waals surface area contributed by atoms with Crippen LogP contribution in [0.4, 0.5) is 5.69 Å². The van der Waals surface area contributed by atoms with Gasteiger partial charge in [0.2, 0.25) is 12.0 Å². The quantitative estimate of drug-likeness (QED) is 0.827. The number of ether oxygens (including phenoxy) is 2. The Morgan fingerprint density at radius 3 is 2.60 bits per heavy atom. The van der Waals surface area contributed by atoms with Crippen LogP contribution in [-0.4, -0.2) is 67.0 Å². The summed E-state index contributed by atoms with van der Waals surface area (Å²) in [5, 5.41) is 11.8. The standard InChI is InChI=1S/C22H22N4O4/c23-13-16-4-3-5-17(12-16)24-21(27)14-25-8-10-26(11-9-25)22(28)20-15-29-18-6-1-2-7-19(18)30-20/h1-7,12,20H,8-11,14-15H2,(H,24,27)/t20-/m1/s1. The summed E-state index contributed by atoms with van der Waals surface area (Å²) in [7, 11) is 0. The summed E-state index contributed by atoms with van der Waals surface area (Å²) < 4.78 is 11.4. The van der Waals surface area contributed by atoms with Crippen LogP contribution in [0.1, 0.15) is 5.56 Å². The van der Waals surface area contributed by atoms with Crippen molar-refractivity contribution in [3.05, 3.63) is 54.1 Å². The number of carbonyl (C=O) groups excluding carboxylic acids is 2. The number of amides is 2. The summed E-state index contributed by atoms with van der Waals surface area (Å²) >= 11 is 0. The van der Waals surface area contributed by atoms with E-state index in [1.807, 2.05) is 23.1 Å². The molecule has 0 aromatic heterocycles. The van der Waals surface area contributed by atoms with Gasteiger partial charge in [0.05, 0.1) is 18.2 Å². The van der Waals surface area contributed by atoms with Crippen molar-refractivity contribution in [3.63, 3.8) is 0 Å².